The van der Waals surface area contributed by atoms with Crippen LogP contribution in [0.1, 0.15) is 37.7 Å². The number of ether oxygens (including phenoxy) is 1. The summed E-state index contributed by atoms with van der Waals surface area (Å²) in [5.41, 5.74) is 1.19. The number of hydrogen-bond acceptors (Lipinski definition) is 2. The van der Waals surface area contributed by atoms with Gasteiger partial charge < -0.3 is 9.64 Å². The topological polar surface area (TPSA) is 12.5 Å². The molecule has 1 heterocycles. The van der Waals surface area contributed by atoms with E-state index in [1.165, 1.54) is 50.9 Å². The molecule has 0 aromatic heterocycles. The van der Waals surface area contributed by atoms with Crippen LogP contribution in [0.5, 0.6) is 0 Å². The predicted octanol–water partition coefficient (Wildman–Crippen LogP) is 4.33. The van der Waals surface area contributed by atoms with E-state index in [1.807, 2.05) is 24.3 Å². The smallest absolute Gasteiger partial charge is 0.0716 e. The van der Waals surface area contributed by atoms with Crippen LogP contribution >= 0.6 is 11.6 Å². The van der Waals surface area contributed by atoms with E-state index in [2.05, 4.69) is 11.3 Å². The Hall–Kier alpha value is -0.570. The minimum Gasteiger partial charge on any atom is -0.377 e. The third-order valence-electron chi connectivity index (χ3n) is 3.74. The average Bonchev–Trinajstić information content (AvgIpc) is 2.49. The van der Waals surface area contributed by atoms with E-state index in [1.54, 1.807) is 0 Å². The van der Waals surface area contributed by atoms with Crippen LogP contribution in [0.2, 0.25) is 5.02 Å². The van der Waals surface area contributed by atoms with Crippen LogP contribution in [-0.2, 0) is 11.3 Å². The molecule has 2 nitrogen and oxygen atoms in total. The SMILES string of the molecule is Clc1ccc(COCCCCCN2CC[CH]CC2)cc1. The summed E-state index contributed by atoms with van der Waals surface area (Å²) < 4.78 is 5.69. The third kappa shape index (κ3) is 6.25. The Balaban J connectivity index is 1.44. The van der Waals surface area contributed by atoms with Crippen molar-refractivity contribution >= 4 is 11.6 Å². The zero-order chi connectivity index (χ0) is 14.0. The van der Waals surface area contributed by atoms with Crippen molar-refractivity contribution in [2.45, 2.75) is 38.7 Å². The number of piperidine rings is 1. The van der Waals surface area contributed by atoms with Crippen LogP contribution in [0.3, 0.4) is 0 Å². The molecule has 0 N–H and O–H groups in total. The predicted molar refractivity (Wildman–Crippen MR) is 84.9 cm³/mol. The van der Waals surface area contributed by atoms with Crippen LogP contribution in [-0.4, -0.2) is 31.1 Å². The van der Waals surface area contributed by atoms with Crippen molar-refractivity contribution in [1.82, 2.24) is 4.90 Å². The molecule has 3 heteroatoms. The molecular weight excluding hydrogens is 270 g/mol. The summed E-state index contributed by atoms with van der Waals surface area (Å²) in [6, 6.07) is 7.87. The summed E-state index contributed by atoms with van der Waals surface area (Å²) >= 11 is 5.85. The summed E-state index contributed by atoms with van der Waals surface area (Å²) in [6.45, 7) is 5.32. The maximum atomic E-state index is 5.85. The molecule has 1 aromatic rings. The largest absolute Gasteiger partial charge is 0.377 e. The zero-order valence-corrected chi connectivity index (χ0v) is 12.9. The van der Waals surface area contributed by atoms with Crippen molar-refractivity contribution in [1.29, 1.82) is 0 Å². The molecule has 0 aliphatic carbocycles. The van der Waals surface area contributed by atoms with Crippen LogP contribution in [0.25, 0.3) is 0 Å². The standard InChI is InChI=1S/C17H25ClNO/c18-17-9-7-16(8-10-17)15-20-14-6-2-5-13-19-11-3-1-4-12-19/h1,7-10H,2-6,11-15H2. The van der Waals surface area contributed by atoms with E-state index < -0.39 is 0 Å². The number of benzene rings is 1. The van der Waals surface area contributed by atoms with Gasteiger partial charge in [0.25, 0.3) is 0 Å². The number of likely N-dealkylation sites (tertiary alicyclic amines) is 1. The molecule has 0 saturated carbocycles. The van der Waals surface area contributed by atoms with Crippen LogP contribution in [0, 0.1) is 6.42 Å². The lowest BCUT2D eigenvalue weighted by molar-refractivity contribution is 0.116. The quantitative estimate of drug-likeness (QED) is 0.662. The zero-order valence-electron chi connectivity index (χ0n) is 12.2. The van der Waals surface area contributed by atoms with Crippen molar-refractivity contribution in [3.8, 4) is 0 Å². The average molecular weight is 295 g/mol. The first-order valence-corrected chi connectivity index (χ1v) is 8.08. The first-order chi connectivity index (χ1) is 9.84. The molecule has 0 atom stereocenters. The molecule has 0 bridgehead atoms. The molecule has 1 saturated heterocycles. The van der Waals surface area contributed by atoms with Gasteiger partial charge in [-0.05, 0) is 75.9 Å². The second-order valence-electron chi connectivity index (χ2n) is 5.45. The summed E-state index contributed by atoms with van der Waals surface area (Å²) in [5.74, 6) is 0. The van der Waals surface area contributed by atoms with Gasteiger partial charge in [0.15, 0.2) is 0 Å². The highest BCUT2D eigenvalue weighted by Crippen LogP contribution is 2.11. The van der Waals surface area contributed by atoms with Gasteiger partial charge in [-0.25, -0.2) is 0 Å². The lowest BCUT2D eigenvalue weighted by atomic mass is 10.1. The normalized spacial score (nSPS) is 16.4. The summed E-state index contributed by atoms with van der Waals surface area (Å²) in [7, 11) is 0. The molecule has 0 amide bonds. The maximum Gasteiger partial charge on any atom is 0.0716 e. The van der Waals surface area contributed by atoms with Gasteiger partial charge in [0, 0.05) is 11.6 Å². The molecule has 1 aromatic carbocycles. The van der Waals surface area contributed by atoms with Crippen LogP contribution in [0.4, 0.5) is 0 Å². The molecule has 1 aliphatic rings. The minimum atomic E-state index is 0.694. The minimum absolute atomic E-state index is 0.694. The van der Waals surface area contributed by atoms with E-state index in [4.69, 9.17) is 16.3 Å². The molecule has 1 aliphatic heterocycles. The van der Waals surface area contributed by atoms with Gasteiger partial charge in [0.1, 0.15) is 0 Å². The van der Waals surface area contributed by atoms with Crippen molar-refractivity contribution < 1.29 is 4.74 Å². The van der Waals surface area contributed by atoms with Gasteiger partial charge in [0.2, 0.25) is 0 Å². The van der Waals surface area contributed by atoms with Gasteiger partial charge in [-0.15, -0.1) is 0 Å². The van der Waals surface area contributed by atoms with Crippen molar-refractivity contribution in [3.05, 3.63) is 41.3 Å². The highest BCUT2D eigenvalue weighted by molar-refractivity contribution is 6.30. The fraction of sp³-hybridized carbons (Fsp3) is 0.588. The second kappa shape index (κ2) is 9.38. The molecular formula is C17H25ClNO. The summed E-state index contributed by atoms with van der Waals surface area (Å²) in [4.78, 5) is 2.58. The van der Waals surface area contributed by atoms with Gasteiger partial charge in [-0.1, -0.05) is 23.7 Å². The fourth-order valence-corrected chi connectivity index (χ4v) is 2.64. The van der Waals surface area contributed by atoms with Crippen molar-refractivity contribution in [2.24, 2.45) is 0 Å². The molecule has 1 radical (unpaired) electrons. The first kappa shape index (κ1) is 15.8. The lowest BCUT2D eigenvalue weighted by Gasteiger charge is -2.26. The molecule has 0 unspecified atom stereocenters. The Kier molecular flexibility index (Phi) is 7.42. The number of rotatable bonds is 8. The number of hydrogen-bond donors (Lipinski definition) is 0. The fourth-order valence-electron chi connectivity index (χ4n) is 2.51. The highest BCUT2D eigenvalue weighted by Gasteiger charge is 2.08. The van der Waals surface area contributed by atoms with Gasteiger partial charge in [-0.2, -0.15) is 0 Å². The molecule has 20 heavy (non-hydrogen) atoms. The van der Waals surface area contributed by atoms with Crippen molar-refractivity contribution in [3.63, 3.8) is 0 Å². The second-order valence-corrected chi connectivity index (χ2v) is 5.88. The number of halogens is 1. The monoisotopic (exact) mass is 294 g/mol. The molecule has 1 fully saturated rings. The maximum absolute atomic E-state index is 5.85. The van der Waals surface area contributed by atoms with E-state index in [9.17, 15) is 0 Å². The summed E-state index contributed by atoms with van der Waals surface area (Å²) in [6.07, 6.45) is 8.66. The summed E-state index contributed by atoms with van der Waals surface area (Å²) in [5, 5.41) is 0.782. The van der Waals surface area contributed by atoms with Gasteiger partial charge in [-0.3, -0.25) is 0 Å². The van der Waals surface area contributed by atoms with Crippen molar-refractivity contribution in [2.75, 3.05) is 26.2 Å². The van der Waals surface area contributed by atoms with E-state index >= 15 is 0 Å². The lowest BCUT2D eigenvalue weighted by Crippen LogP contribution is -2.30. The Morgan fingerprint density at radius 2 is 1.75 bits per heavy atom. The van der Waals surface area contributed by atoms with E-state index in [-0.39, 0.29) is 0 Å². The highest BCUT2D eigenvalue weighted by atomic mass is 35.5. The van der Waals surface area contributed by atoms with Gasteiger partial charge >= 0.3 is 0 Å². The number of unbranched alkanes of at least 4 members (excludes halogenated alkanes) is 2. The Morgan fingerprint density at radius 3 is 2.50 bits per heavy atom. The Labute approximate surface area is 128 Å². The molecule has 2 rings (SSSR count). The first-order valence-electron chi connectivity index (χ1n) is 7.71. The van der Waals surface area contributed by atoms with Crippen LogP contribution in [0.15, 0.2) is 24.3 Å². The van der Waals surface area contributed by atoms with Gasteiger partial charge in [0.05, 0.1) is 6.61 Å². The van der Waals surface area contributed by atoms with E-state index in [0.29, 0.717) is 6.61 Å². The molecule has 111 valence electrons. The number of nitrogens with zero attached hydrogens (tertiary/aromatic N) is 1. The Bertz CT molecular complexity index is 360. The Morgan fingerprint density at radius 1 is 1.00 bits per heavy atom. The van der Waals surface area contributed by atoms with Crippen LogP contribution < -0.4 is 0 Å². The molecule has 0 spiro atoms. The van der Waals surface area contributed by atoms with E-state index in [0.717, 1.165) is 18.1 Å². The third-order valence-corrected chi connectivity index (χ3v) is 4.00.